The second-order valence-corrected chi connectivity index (χ2v) is 6.34. The number of amides is 1. The third-order valence-electron chi connectivity index (χ3n) is 2.35. The van der Waals surface area contributed by atoms with Gasteiger partial charge in [-0.15, -0.1) is 0 Å². The first kappa shape index (κ1) is 10.9. The van der Waals surface area contributed by atoms with Gasteiger partial charge in [0.2, 0.25) is 15.9 Å². The van der Waals surface area contributed by atoms with Crippen LogP contribution in [0.1, 0.15) is 6.42 Å². The van der Waals surface area contributed by atoms with Gasteiger partial charge in [-0.05, 0) is 0 Å². The van der Waals surface area contributed by atoms with Gasteiger partial charge in [0.1, 0.15) is 5.25 Å². The number of nitrogens with two attached hydrogens (primary N) is 1. The van der Waals surface area contributed by atoms with Gasteiger partial charge in [0.15, 0.2) is 5.17 Å². The van der Waals surface area contributed by atoms with Crippen molar-refractivity contribution in [3.05, 3.63) is 0 Å². The fourth-order valence-corrected chi connectivity index (χ4v) is 3.18. The highest BCUT2D eigenvalue weighted by Crippen LogP contribution is 2.23. The fraction of sp³-hybridized carbons (Fsp3) is 0.714. The molecule has 0 aromatic heterocycles. The SMILES string of the molecule is NS(=O)(=O)C1CC(=O)N(C2=NCCS2)C1. The summed E-state index contributed by atoms with van der Waals surface area (Å²) in [6.45, 7) is 0.827. The van der Waals surface area contributed by atoms with E-state index in [1.165, 1.54) is 16.7 Å². The van der Waals surface area contributed by atoms with Gasteiger partial charge >= 0.3 is 0 Å². The van der Waals surface area contributed by atoms with Crippen molar-refractivity contribution in [2.75, 3.05) is 18.8 Å². The Morgan fingerprint density at radius 3 is 2.73 bits per heavy atom. The molecule has 8 heteroatoms. The molecule has 0 saturated carbocycles. The number of carbonyl (C=O) groups is 1. The van der Waals surface area contributed by atoms with Crippen LogP contribution in [0.15, 0.2) is 4.99 Å². The average molecular weight is 249 g/mol. The van der Waals surface area contributed by atoms with E-state index in [1.807, 2.05) is 0 Å². The van der Waals surface area contributed by atoms with E-state index < -0.39 is 15.3 Å². The first-order chi connectivity index (χ1) is 6.98. The maximum Gasteiger partial charge on any atom is 0.230 e. The van der Waals surface area contributed by atoms with Crippen molar-refractivity contribution in [3.63, 3.8) is 0 Å². The molecule has 2 rings (SSSR count). The molecule has 1 saturated heterocycles. The Morgan fingerprint density at radius 2 is 2.27 bits per heavy atom. The highest BCUT2D eigenvalue weighted by atomic mass is 32.2. The lowest BCUT2D eigenvalue weighted by atomic mass is 10.4. The van der Waals surface area contributed by atoms with Crippen LogP contribution in [-0.4, -0.2) is 48.5 Å². The molecule has 0 radical (unpaired) electrons. The van der Waals surface area contributed by atoms with Crippen molar-refractivity contribution >= 4 is 32.9 Å². The van der Waals surface area contributed by atoms with Crippen molar-refractivity contribution in [2.45, 2.75) is 11.7 Å². The summed E-state index contributed by atoms with van der Waals surface area (Å²) in [4.78, 5) is 17.1. The highest BCUT2D eigenvalue weighted by Gasteiger charge is 2.39. The maximum absolute atomic E-state index is 11.5. The van der Waals surface area contributed by atoms with Crippen molar-refractivity contribution in [1.82, 2.24) is 4.90 Å². The van der Waals surface area contributed by atoms with Gasteiger partial charge in [0.25, 0.3) is 0 Å². The Labute approximate surface area is 92.0 Å². The molecule has 1 fully saturated rings. The summed E-state index contributed by atoms with van der Waals surface area (Å²) in [7, 11) is -3.62. The Bertz CT molecular complexity index is 417. The topological polar surface area (TPSA) is 92.8 Å². The Hall–Kier alpha value is -0.600. The minimum Gasteiger partial charge on any atom is -0.290 e. The van der Waals surface area contributed by atoms with Crippen LogP contribution in [0.25, 0.3) is 0 Å². The number of hydrogen-bond acceptors (Lipinski definition) is 5. The minimum absolute atomic E-state index is 0.0294. The lowest BCUT2D eigenvalue weighted by Crippen LogP contribution is -2.34. The summed E-state index contributed by atoms with van der Waals surface area (Å²) >= 11 is 1.48. The molecule has 2 heterocycles. The third-order valence-corrected chi connectivity index (χ3v) is 4.59. The number of amidine groups is 1. The molecule has 0 bridgehead atoms. The Morgan fingerprint density at radius 1 is 1.53 bits per heavy atom. The van der Waals surface area contributed by atoms with Gasteiger partial charge in [0, 0.05) is 18.7 Å². The zero-order chi connectivity index (χ0) is 11.1. The summed E-state index contributed by atoms with van der Waals surface area (Å²) in [5.41, 5.74) is 0. The van der Waals surface area contributed by atoms with Gasteiger partial charge in [0.05, 0.1) is 6.54 Å². The molecule has 6 nitrogen and oxygen atoms in total. The predicted octanol–water partition coefficient (Wildman–Crippen LogP) is -1.02. The summed E-state index contributed by atoms with van der Waals surface area (Å²) in [5, 5.41) is 4.86. The molecular weight excluding hydrogens is 238 g/mol. The normalized spacial score (nSPS) is 27.3. The molecule has 2 N–H and O–H groups in total. The number of nitrogens with zero attached hydrogens (tertiary/aromatic N) is 2. The molecule has 1 atom stereocenters. The summed E-state index contributed by atoms with van der Waals surface area (Å²) in [6.07, 6.45) is -0.0294. The van der Waals surface area contributed by atoms with Gasteiger partial charge < -0.3 is 0 Å². The van der Waals surface area contributed by atoms with E-state index >= 15 is 0 Å². The van der Waals surface area contributed by atoms with E-state index in [2.05, 4.69) is 4.99 Å². The third kappa shape index (κ3) is 2.16. The maximum atomic E-state index is 11.5. The van der Waals surface area contributed by atoms with Gasteiger partial charge in [-0.3, -0.25) is 14.7 Å². The predicted molar refractivity (Wildman–Crippen MR) is 58.0 cm³/mol. The van der Waals surface area contributed by atoms with Crippen LogP contribution < -0.4 is 5.14 Å². The lowest BCUT2D eigenvalue weighted by Gasteiger charge is -2.14. The van der Waals surface area contributed by atoms with Crippen LogP contribution in [0, 0.1) is 0 Å². The quantitative estimate of drug-likeness (QED) is 0.643. The van der Waals surface area contributed by atoms with E-state index in [-0.39, 0.29) is 18.9 Å². The fourth-order valence-electron chi connectivity index (χ4n) is 1.57. The number of hydrogen-bond donors (Lipinski definition) is 1. The number of rotatable bonds is 1. The van der Waals surface area contributed by atoms with Crippen LogP contribution in [-0.2, 0) is 14.8 Å². The Kier molecular flexibility index (Phi) is 2.73. The summed E-state index contributed by atoms with van der Waals surface area (Å²) < 4.78 is 22.2. The first-order valence-corrected chi connectivity index (χ1v) is 7.07. The smallest absolute Gasteiger partial charge is 0.230 e. The molecule has 0 aromatic rings. The molecule has 2 aliphatic heterocycles. The molecular formula is C7H11N3O3S2. The van der Waals surface area contributed by atoms with Crippen LogP contribution in [0.4, 0.5) is 0 Å². The first-order valence-electron chi connectivity index (χ1n) is 4.47. The Balaban J connectivity index is 2.14. The molecule has 0 aliphatic carbocycles. The van der Waals surface area contributed by atoms with Crippen molar-refractivity contribution < 1.29 is 13.2 Å². The monoisotopic (exact) mass is 249 g/mol. The minimum atomic E-state index is -3.62. The van der Waals surface area contributed by atoms with E-state index in [1.54, 1.807) is 0 Å². The van der Waals surface area contributed by atoms with Gasteiger partial charge in [-0.1, -0.05) is 11.8 Å². The standard InChI is InChI=1S/C7H11N3O3S2/c8-15(12,13)5-3-6(11)10(4-5)7-9-1-2-14-7/h5H,1-4H2,(H2,8,12,13). The average Bonchev–Trinajstić information content (AvgIpc) is 2.69. The molecule has 84 valence electrons. The second kappa shape index (κ2) is 3.76. The number of thioether (sulfide) groups is 1. The van der Waals surface area contributed by atoms with E-state index in [0.29, 0.717) is 11.7 Å². The van der Waals surface area contributed by atoms with Crippen molar-refractivity contribution in [1.29, 1.82) is 0 Å². The number of carbonyl (C=O) groups excluding carboxylic acids is 1. The summed E-state index contributed by atoms with van der Waals surface area (Å²) in [5.74, 6) is 0.640. The van der Waals surface area contributed by atoms with Gasteiger partial charge in [-0.25, -0.2) is 13.6 Å². The van der Waals surface area contributed by atoms with Crippen LogP contribution >= 0.6 is 11.8 Å². The van der Waals surface area contributed by atoms with Crippen LogP contribution in [0.5, 0.6) is 0 Å². The van der Waals surface area contributed by atoms with Crippen LogP contribution in [0.3, 0.4) is 0 Å². The van der Waals surface area contributed by atoms with E-state index in [4.69, 9.17) is 5.14 Å². The highest BCUT2D eigenvalue weighted by molar-refractivity contribution is 8.14. The van der Waals surface area contributed by atoms with Crippen molar-refractivity contribution in [3.8, 4) is 0 Å². The number of sulfonamides is 1. The molecule has 0 aromatic carbocycles. The molecule has 1 amide bonds. The molecule has 2 aliphatic rings. The summed E-state index contributed by atoms with van der Waals surface area (Å²) in [6, 6.07) is 0. The number of aliphatic imine (C=N–C) groups is 1. The number of primary sulfonamides is 1. The second-order valence-electron chi connectivity index (χ2n) is 3.43. The molecule has 0 spiro atoms. The number of likely N-dealkylation sites (tertiary alicyclic amines) is 1. The zero-order valence-corrected chi connectivity index (χ0v) is 9.55. The van der Waals surface area contributed by atoms with Crippen LogP contribution in [0.2, 0.25) is 0 Å². The molecule has 15 heavy (non-hydrogen) atoms. The molecule has 1 unspecified atom stereocenters. The van der Waals surface area contributed by atoms with Crippen molar-refractivity contribution in [2.24, 2.45) is 10.1 Å². The lowest BCUT2D eigenvalue weighted by molar-refractivity contribution is -0.124. The zero-order valence-electron chi connectivity index (χ0n) is 7.92. The van der Waals surface area contributed by atoms with Gasteiger partial charge in [-0.2, -0.15) is 0 Å². The largest absolute Gasteiger partial charge is 0.290 e. The van der Waals surface area contributed by atoms with E-state index in [9.17, 15) is 13.2 Å². The van der Waals surface area contributed by atoms with E-state index in [0.717, 1.165) is 5.75 Å².